The lowest BCUT2D eigenvalue weighted by atomic mass is 9.97. The molecule has 0 atom stereocenters. The normalized spacial score (nSPS) is 10.9. The van der Waals surface area contributed by atoms with Crippen LogP contribution < -0.4 is 0 Å². The first-order chi connectivity index (χ1) is 29.5. The Labute approximate surface area is 344 Å². The summed E-state index contributed by atoms with van der Waals surface area (Å²) in [6.07, 6.45) is 0. The third-order valence-electron chi connectivity index (χ3n) is 11.3. The molecule has 2 heterocycles. The van der Waals surface area contributed by atoms with Crippen LogP contribution in [0.2, 0.25) is 0 Å². The van der Waals surface area contributed by atoms with Crippen molar-refractivity contribution in [3.05, 3.63) is 192 Å². The highest BCUT2D eigenvalue weighted by Gasteiger charge is 2.23. The Morgan fingerprint density at radius 1 is 0.283 bits per heavy atom. The number of hydrogen-bond donors (Lipinski definition) is 0. The molecule has 2 aromatic heterocycles. The first-order valence-corrected chi connectivity index (χ1v) is 19.1. The zero-order chi connectivity index (χ0) is 40.9. The Kier molecular flexibility index (Phi) is 8.27. The van der Waals surface area contributed by atoms with Crippen molar-refractivity contribution in [2.75, 3.05) is 0 Å². The summed E-state index contributed by atoms with van der Waals surface area (Å²) >= 11 is 0. The number of rotatable bonds is 5. The molecule has 274 valence electrons. The molecule has 7 nitrogen and oxygen atoms in total. The Morgan fingerprint density at radius 2 is 0.667 bits per heavy atom. The lowest BCUT2D eigenvalue weighted by molar-refractivity contribution is 1.12. The van der Waals surface area contributed by atoms with Crippen LogP contribution in [0.25, 0.3) is 88.4 Å². The molecular weight excluding hydrogens is 735 g/mol. The highest BCUT2D eigenvalue weighted by Crippen LogP contribution is 2.42. The summed E-state index contributed by atoms with van der Waals surface area (Å²) in [5.74, 6) is 0. The van der Waals surface area contributed by atoms with Crippen LogP contribution >= 0.6 is 0 Å². The fourth-order valence-electron chi connectivity index (χ4n) is 8.46. The lowest BCUT2D eigenvalue weighted by Gasteiger charge is -2.19. The maximum Gasteiger partial charge on any atom is 0.104 e. The maximum absolute atomic E-state index is 11.5. The van der Waals surface area contributed by atoms with Gasteiger partial charge in [-0.2, -0.15) is 26.3 Å². The topological polar surface area (TPSA) is 129 Å². The van der Waals surface area contributed by atoms with Gasteiger partial charge >= 0.3 is 0 Å². The van der Waals surface area contributed by atoms with Gasteiger partial charge in [0, 0.05) is 21.5 Å². The van der Waals surface area contributed by atoms with Crippen molar-refractivity contribution in [3.8, 4) is 75.1 Å². The van der Waals surface area contributed by atoms with E-state index >= 15 is 0 Å². The Balaban J connectivity index is 1.33. The molecule has 0 spiro atoms. The van der Waals surface area contributed by atoms with Crippen molar-refractivity contribution in [1.29, 1.82) is 26.3 Å². The first kappa shape index (κ1) is 35.2. The van der Waals surface area contributed by atoms with E-state index in [-0.39, 0.29) is 0 Å². The molecule has 0 bridgehead atoms. The van der Waals surface area contributed by atoms with Gasteiger partial charge in [-0.15, -0.1) is 0 Å². The summed E-state index contributed by atoms with van der Waals surface area (Å²) in [7, 11) is 0. The molecule has 8 aromatic carbocycles. The third kappa shape index (κ3) is 5.63. The van der Waals surface area contributed by atoms with E-state index in [4.69, 9.17) is 0 Å². The molecule has 0 saturated heterocycles. The molecule has 0 aliphatic heterocycles. The maximum atomic E-state index is 11.5. The zero-order valence-electron chi connectivity index (χ0n) is 31.7. The predicted molar refractivity (Wildman–Crippen MR) is 235 cm³/mol. The van der Waals surface area contributed by atoms with E-state index in [1.54, 1.807) is 18.2 Å². The van der Waals surface area contributed by atoms with Gasteiger partial charge in [-0.25, -0.2) is 0 Å². The average Bonchev–Trinajstić information content (AvgIpc) is 3.82. The second-order valence-electron chi connectivity index (χ2n) is 14.6. The number of aromatic nitrogens is 2. The van der Waals surface area contributed by atoms with Gasteiger partial charge < -0.3 is 9.13 Å². The summed E-state index contributed by atoms with van der Waals surface area (Å²) in [5.41, 5.74) is 12.3. The van der Waals surface area contributed by atoms with E-state index in [2.05, 4.69) is 100 Å². The molecule has 0 saturated carbocycles. The van der Waals surface area contributed by atoms with Gasteiger partial charge in [0.1, 0.15) is 11.6 Å². The van der Waals surface area contributed by atoms with Gasteiger partial charge in [-0.3, -0.25) is 0 Å². The highest BCUT2D eigenvalue weighted by atomic mass is 15.0. The molecule has 10 aromatic rings. The van der Waals surface area contributed by atoms with Gasteiger partial charge in [0.05, 0.1) is 80.0 Å². The lowest BCUT2D eigenvalue weighted by Crippen LogP contribution is -2.05. The Morgan fingerprint density at radius 3 is 1.08 bits per heavy atom. The molecule has 0 unspecified atom stereocenters. The summed E-state index contributed by atoms with van der Waals surface area (Å²) in [5, 5.41) is 54.5. The van der Waals surface area contributed by atoms with E-state index in [0.717, 1.165) is 71.4 Å². The zero-order valence-corrected chi connectivity index (χ0v) is 31.7. The van der Waals surface area contributed by atoms with Crippen LogP contribution in [-0.4, -0.2) is 9.13 Å². The van der Waals surface area contributed by atoms with Crippen molar-refractivity contribution in [2.45, 2.75) is 0 Å². The fourth-order valence-corrected chi connectivity index (χ4v) is 8.46. The summed E-state index contributed by atoms with van der Waals surface area (Å²) < 4.78 is 4.28. The van der Waals surface area contributed by atoms with Crippen molar-refractivity contribution < 1.29 is 0 Å². The second-order valence-corrected chi connectivity index (χ2v) is 14.6. The van der Waals surface area contributed by atoms with Crippen LogP contribution in [0.15, 0.2) is 164 Å². The van der Waals surface area contributed by atoms with Crippen molar-refractivity contribution >= 4 is 43.6 Å². The molecule has 10 rings (SSSR count). The highest BCUT2D eigenvalue weighted by molar-refractivity contribution is 6.12. The number of hydrogen-bond acceptors (Lipinski definition) is 5. The summed E-state index contributed by atoms with van der Waals surface area (Å²) in [6.45, 7) is 0. The number of fused-ring (bicyclic) bond motifs is 6. The van der Waals surface area contributed by atoms with Gasteiger partial charge in [-0.05, 0) is 112 Å². The largest absolute Gasteiger partial charge is 0.308 e. The average molecular weight is 762 g/mol. The molecule has 7 heteroatoms. The van der Waals surface area contributed by atoms with E-state index in [9.17, 15) is 26.3 Å². The van der Waals surface area contributed by atoms with Crippen LogP contribution in [0.5, 0.6) is 0 Å². The molecule has 0 amide bonds. The van der Waals surface area contributed by atoms with Gasteiger partial charge in [0.25, 0.3) is 0 Å². The molecule has 0 aliphatic rings. The van der Waals surface area contributed by atoms with Crippen LogP contribution in [0, 0.1) is 56.7 Å². The van der Waals surface area contributed by atoms with Crippen molar-refractivity contribution in [1.82, 2.24) is 9.13 Å². The van der Waals surface area contributed by atoms with E-state index in [1.807, 2.05) is 84.9 Å². The van der Waals surface area contributed by atoms with Gasteiger partial charge in [-0.1, -0.05) is 84.9 Å². The third-order valence-corrected chi connectivity index (χ3v) is 11.3. The molecule has 60 heavy (non-hydrogen) atoms. The van der Waals surface area contributed by atoms with Crippen molar-refractivity contribution in [2.24, 2.45) is 0 Å². The predicted octanol–water partition coefficient (Wildman–Crippen LogP) is 12.2. The molecular formula is C53H27N7. The van der Waals surface area contributed by atoms with E-state index < -0.39 is 0 Å². The minimum atomic E-state index is 0.351. The second kappa shape index (κ2) is 14.1. The Bertz CT molecular complexity index is 3410. The Hall–Kier alpha value is -9.19. The molecule has 0 fully saturated rings. The molecule has 0 aliphatic carbocycles. The van der Waals surface area contributed by atoms with E-state index in [0.29, 0.717) is 44.8 Å². The number of nitriles is 5. The standard InChI is InChI=1S/C53H27N7/c54-28-33-9-13-37(14-10-33)39-17-19-45-43-5-1-3-7-48(43)59(50(45)24-39)52-26-42(41-22-35(30-56)21-36(23-41)31-57)27-53(47(52)32-58)60-49-8-4-2-6-44(49)46-20-18-40(25-51(46)60)38-15-11-34(29-55)12-16-38/h1-27H. The van der Waals surface area contributed by atoms with Crippen LogP contribution in [0.4, 0.5) is 0 Å². The summed E-state index contributed by atoms with van der Waals surface area (Å²) in [6, 6.07) is 64.4. The number of para-hydroxylation sites is 2. The monoisotopic (exact) mass is 761 g/mol. The van der Waals surface area contributed by atoms with Gasteiger partial charge in [0.15, 0.2) is 0 Å². The van der Waals surface area contributed by atoms with Crippen LogP contribution in [-0.2, 0) is 0 Å². The minimum Gasteiger partial charge on any atom is -0.308 e. The van der Waals surface area contributed by atoms with Crippen molar-refractivity contribution in [3.63, 3.8) is 0 Å². The smallest absolute Gasteiger partial charge is 0.104 e. The number of nitrogens with zero attached hydrogens (tertiary/aromatic N) is 7. The van der Waals surface area contributed by atoms with Crippen LogP contribution in [0.1, 0.15) is 27.8 Å². The minimum absolute atomic E-state index is 0.351. The quantitative estimate of drug-likeness (QED) is 0.172. The van der Waals surface area contributed by atoms with Gasteiger partial charge in [0.2, 0.25) is 0 Å². The first-order valence-electron chi connectivity index (χ1n) is 19.1. The molecule has 0 radical (unpaired) electrons. The molecule has 0 N–H and O–H groups in total. The summed E-state index contributed by atoms with van der Waals surface area (Å²) in [4.78, 5) is 0. The van der Waals surface area contributed by atoms with Crippen LogP contribution in [0.3, 0.4) is 0 Å². The number of benzene rings is 8. The fraction of sp³-hybridized carbons (Fsp3) is 0. The van der Waals surface area contributed by atoms with E-state index in [1.165, 1.54) is 0 Å². The SMILES string of the molecule is N#Cc1ccc(-c2ccc3c4ccccc4n(-c4cc(-c5cc(C#N)cc(C#N)c5)cc(-n5c6ccccc6c6ccc(-c7ccc(C#N)cc7)cc65)c4C#N)c3c2)cc1.